The van der Waals surface area contributed by atoms with Crippen LogP contribution in [0.3, 0.4) is 0 Å². The Morgan fingerprint density at radius 3 is 2.39 bits per heavy atom. The van der Waals surface area contributed by atoms with Crippen molar-refractivity contribution in [1.82, 2.24) is 5.32 Å². The zero-order valence-corrected chi connectivity index (χ0v) is 18.9. The quantitative estimate of drug-likeness (QED) is 0.234. The molecule has 1 amide bonds. The summed E-state index contributed by atoms with van der Waals surface area (Å²) in [5, 5.41) is 3.57. The van der Waals surface area contributed by atoms with Crippen LogP contribution in [-0.4, -0.2) is 24.4 Å². The fraction of sp³-hybridized carbons (Fsp3) is 0.688. The van der Waals surface area contributed by atoms with Crippen LogP contribution in [0.1, 0.15) is 40.5 Å². The van der Waals surface area contributed by atoms with Gasteiger partial charge in [0.05, 0.1) is 6.10 Å². The number of hydrogen-bond acceptors (Lipinski definition) is 3. The molecule has 0 aromatic rings. The fourth-order valence-corrected chi connectivity index (χ4v) is 3.17. The number of carbonyl (C=O) groups excluding carboxylic acids is 1. The minimum absolute atomic E-state index is 0.0472. The first-order chi connectivity index (χ1) is 10.4. The second-order valence-corrected chi connectivity index (χ2v) is 13.8. The van der Waals surface area contributed by atoms with Gasteiger partial charge in [0.1, 0.15) is 4.05 Å². The lowest BCUT2D eigenvalue weighted by Gasteiger charge is -2.39. The van der Waals surface area contributed by atoms with E-state index in [0.29, 0.717) is 6.42 Å². The standard InChI is InChI=1S/C16H30ClIN2O2Si/c1-12(17)9-10-13(22-23(5,6)16(2,3)4)8-7-11-20-15(21)14(18)19/h7,9,11,13-14H,8,10,19H2,1-6H3,(H,20,21)/b11-7-,12-9+/t13-,14-/m1/s1. The molecule has 2 atom stereocenters. The van der Waals surface area contributed by atoms with E-state index in [1.807, 2.05) is 41.7 Å². The van der Waals surface area contributed by atoms with Crippen molar-refractivity contribution in [3.63, 3.8) is 0 Å². The summed E-state index contributed by atoms with van der Waals surface area (Å²) < 4.78 is 5.91. The summed E-state index contributed by atoms with van der Waals surface area (Å²) in [6, 6.07) is 0. The van der Waals surface area contributed by atoms with Crippen molar-refractivity contribution < 1.29 is 9.22 Å². The molecule has 0 rings (SSSR count). The third-order valence-electron chi connectivity index (χ3n) is 3.92. The molecular formula is C16H30ClIN2O2Si. The van der Waals surface area contributed by atoms with Crippen molar-refractivity contribution >= 4 is 48.4 Å². The fourth-order valence-electron chi connectivity index (χ4n) is 1.52. The van der Waals surface area contributed by atoms with Crippen LogP contribution in [0.25, 0.3) is 0 Å². The van der Waals surface area contributed by atoms with E-state index < -0.39 is 12.4 Å². The van der Waals surface area contributed by atoms with Gasteiger partial charge < -0.3 is 15.5 Å². The predicted molar refractivity (Wildman–Crippen MR) is 110 cm³/mol. The summed E-state index contributed by atoms with van der Waals surface area (Å²) in [5.41, 5.74) is 5.49. The molecule has 0 heterocycles. The Morgan fingerprint density at radius 2 is 1.96 bits per heavy atom. The summed E-state index contributed by atoms with van der Waals surface area (Å²) in [6.07, 6.45) is 7.04. The highest BCUT2D eigenvalue weighted by Gasteiger charge is 2.38. The number of carbonyl (C=O) groups is 1. The Bertz CT molecular complexity index is 442. The lowest BCUT2D eigenvalue weighted by atomic mass is 10.2. The molecular weight excluding hydrogens is 443 g/mol. The van der Waals surface area contributed by atoms with Gasteiger partial charge in [-0.1, -0.05) is 67.1 Å². The summed E-state index contributed by atoms with van der Waals surface area (Å²) in [4.78, 5) is 11.4. The molecule has 0 aromatic carbocycles. The smallest absolute Gasteiger partial charge is 0.250 e. The van der Waals surface area contributed by atoms with E-state index >= 15 is 0 Å². The van der Waals surface area contributed by atoms with Crippen molar-refractivity contribution in [2.45, 2.75) is 68.8 Å². The summed E-state index contributed by atoms with van der Waals surface area (Å²) in [5.74, 6) is -0.208. The molecule has 0 aromatic heterocycles. The minimum atomic E-state index is -1.85. The van der Waals surface area contributed by atoms with Crippen LogP contribution in [0.5, 0.6) is 0 Å². The van der Waals surface area contributed by atoms with Crippen LogP contribution in [0, 0.1) is 0 Å². The van der Waals surface area contributed by atoms with Crippen molar-refractivity contribution in [3.8, 4) is 0 Å². The molecule has 0 saturated carbocycles. The van der Waals surface area contributed by atoms with Crippen molar-refractivity contribution in [2.24, 2.45) is 5.73 Å². The van der Waals surface area contributed by atoms with E-state index in [9.17, 15) is 4.79 Å². The van der Waals surface area contributed by atoms with E-state index in [1.165, 1.54) is 0 Å². The lowest BCUT2D eigenvalue weighted by Crippen LogP contribution is -2.43. The second-order valence-electron chi connectivity index (χ2n) is 7.08. The minimum Gasteiger partial charge on any atom is -0.413 e. The zero-order valence-electron chi connectivity index (χ0n) is 15.0. The number of rotatable bonds is 8. The van der Waals surface area contributed by atoms with Crippen LogP contribution >= 0.6 is 34.2 Å². The Morgan fingerprint density at radius 1 is 1.39 bits per heavy atom. The monoisotopic (exact) mass is 472 g/mol. The number of nitrogens with two attached hydrogens (primary N) is 1. The molecule has 0 aliphatic heterocycles. The second kappa shape index (κ2) is 10.2. The number of amides is 1. The number of halogens is 2. The molecule has 0 saturated heterocycles. The van der Waals surface area contributed by atoms with Crippen molar-refractivity contribution in [2.75, 3.05) is 0 Å². The van der Waals surface area contributed by atoms with Gasteiger partial charge in [-0.15, -0.1) is 0 Å². The van der Waals surface area contributed by atoms with Gasteiger partial charge in [0.15, 0.2) is 8.32 Å². The van der Waals surface area contributed by atoms with Crippen LogP contribution in [-0.2, 0) is 9.22 Å². The van der Waals surface area contributed by atoms with Crippen molar-refractivity contribution in [3.05, 3.63) is 23.4 Å². The maximum Gasteiger partial charge on any atom is 0.250 e. The van der Waals surface area contributed by atoms with Gasteiger partial charge in [-0.2, -0.15) is 0 Å². The van der Waals surface area contributed by atoms with Gasteiger partial charge in [0.25, 0.3) is 5.91 Å². The summed E-state index contributed by atoms with van der Waals surface area (Å²) >= 11 is 7.82. The molecule has 0 radical (unpaired) electrons. The van der Waals surface area contributed by atoms with E-state index in [-0.39, 0.29) is 17.0 Å². The Kier molecular flexibility index (Phi) is 10.2. The first-order valence-electron chi connectivity index (χ1n) is 7.72. The molecule has 7 heteroatoms. The van der Waals surface area contributed by atoms with E-state index in [0.717, 1.165) is 11.5 Å². The summed E-state index contributed by atoms with van der Waals surface area (Å²) in [7, 11) is -1.85. The van der Waals surface area contributed by atoms with Crippen molar-refractivity contribution in [1.29, 1.82) is 0 Å². The molecule has 0 unspecified atom stereocenters. The molecule has 0 bridgehead atoms. The van der Waals surface area contributed by atoms with Crippen LogP contribution in [0.4, 0.5) is 0 Å². The average molecular weight is 473 g/mol. The summed E-state index contributed by atoms with van der Waals surface area (Å²) in [6.45, 7) is 13.0. The molecule has 134 valence electrons. The predicted octanol–water partition coefficient (Wildman–Crippen LogP) is 4.65. The van der Waals surface area contributed by atoms with Gasteiger partial charge in [-0.05, 0) is 44.1 Å². The normalized spacial score (nSPS) is 16.5. The Labute approximate surface area is 160 Å². The van der Waals surface area contributed by atoms with Gasteiger partial charge in [0.2, 0.25) is 0 Å². The lowest BCUT2D eigenvalue weighted by molar-refractivity contribution is -0.119. The SMILES string of the molecule is C/C(Cl)=C\C[C@@H](C/C=C\NC(=O)[C@@H](N)I)O[Si](C)(C)C(C)(C)C. The van der Waals surface area contributed by atoms with Crippen LogP contribution in [0.2, 0.25) is 18.1 Å². The zero-order chi connectivity index (χ0) is 18.3. The Hall–Kier alpha value is 0.107. The highest BCUT2D eigenvalue weighted by Crippen LogP contribution is 2.38. The number of allylic oxidation sites excluding steroid dienone is 1. The highest BCUT2D eigenvalue weighted by atomic mass is 127. The first-order valence-corrected chi connectivity index (χ1v) is 12.2. The molecule has 4 nitrogen and oxygen atoms in total. The van der Waals surface area contributed by atoms with Crippen LogP contribution < -0.4 is 11.1 Å². The van der Waals surface area contributed by atoms with Gasteiger partial charge in [-0.3, -0.25) is 4.79 Å². The Balaban J connectivity index is 4.80. The van der Waals surface area contributed by atoms with E-state index in [4.69, 9.17) is 21.8 Å². The molecule has 23 heavy (non-hydrogen) atoms. The molecule has 3 N–H and O–H groups in total. The number of nitrogens with one attached hydrogen (secondary N) is 1. The molecule has 0 spiro atoms. The average Bonchev–Trinajstić information content (AvgIpc) is 2.38. The van der Waals surface area contributed by atoms with Crippen LogP contribution in [0.15, 0.2) is 23.4 Å². The molecule has 0 aliphatic rings. The highest BCUT2D eigenvalue weighted by molar-refractivity contribution is 14.1. The van der Waals surface area contributed by atoms with E-state index in [2.05, 4.69) is 39.2 Å². The largest absolute Gasteiger partial charge is 0.413 e. The van der Waals surface area contributed by atoms with E-state index in [1.54, 1.807) is 6.20 Å². The molecule has 0 aliphatic carbocycles. The third kappa shape index (κ3) is 9.86. The van der Waals surface area contributed by atoms with Gasteiger partial charge in [-0.25, -0.2) is 0 Å². The maximum atomic E-state index is 11.4. The molecule has 0 fully saturated rings. The third-order valence-corrected chi connectivity index (χ3v) is 9.18. The first kappa shape index (κ1) is 23.1. The maximum absolute atomic E-state index is 11.4. The van der Waals surface area contributed by atoms with Gasteiger partial charge in [0, 0.05) is 5.03 Å². The number of alkyl halides is 1. The van der Waals surface area contributed by atoms with Gasteiger partial charge >= 0.3 is 0 Å². The topological polar surface area (TPSA) is 64.4 Å². The number of hydrogen-bond donors (Lipinski definition) is 2.